The van der Waals surface area contributed by atoms with Crippen molar-refractivity contribution in [1.82, 2.24) is 10.2 Å². The second-order valence-electron chi connectivity index (χ2n) is 4.41. The fourth-order valence-electron chi connectivity index (χ4n) is 1.76. The summed E-state index contributed by atoms with van der Waals surface area (Å²) in [4.78, 5) is 11.3. The number of para-hydroxylation sites is 1. The number of hydrogen-bond acceptors (Lipinski definition) is 8. The number of rotatable bonds is 6. The van der Waals surface area contributed by atoms with Gasteiger partial charge in [-0.15, -0.1) is 10.2 Å². The quantitative estimate of drug-likeness (QED) is 0.534. The van der Waals surface area contributed by atoms with E-state index in [1.54, 1.807) is 12.1 Å². The van der Waals surface area contributed by atoms with Crippen molar-refractivity contribution in [3.63, 3.8) is 0 Å². The van der Waals surface area contributed by atoms with Crippen LogP contribution in [0.2, 0.25) is 0 Å². The van der Waals surface area contributed by atoms with Gasteiger partial charge in [-0.3, -0.25) is 0 Å². The molecule has 0 aliphatic carbocycles. The Morgan fingerprint density at radius 2 is 2.09 bits per heavy atom. The van der Waals surface area contributed by atoms with Gasteiger partial charge in [-0.2, -0.15) is 0 Å². The Morgan fingerprint density at radius 1 is 1.26 bits per heavy atom. The van der Waals surface area contributed by atoms with Gasteiger partial charge in [0.05, 0.1) is 12.9 Å². The van der Waals surface area contributed by atoms with Crippen LogP contribution >= 0.6 is 23.1 Å². The minimum absolute atomic E-state index is 0.201. The van der Waals surface area contributed by atoms with Crippen LogP contribution in [0.15, 0.2) is 51.2 Å². The summed E-state index contributed by atoms with van der Waals surface area (Å²) in [7, 11) is 1.32. The lowest BCUT2D eigenvalue weighted by Gasteiger charge is -1.99. The van der Waals surface area contributed by atoms with Crippen molar-refractivity contribution < 1.29 is 13.9 Å². The fourth-order valence-corrected chi connectivity index (χ4v) is 3.43. The van der Waals surface area contributed by atoms with E-state index in [-0.39, 0.29) is 5.76 Å². The Labute approximate surface area is 140 Å². The van der Waals surface area contributed by atoms with E-state index in [4.69, 9.17) is 4.42 Å². The Balaban J connectivity index is 1.57. The number of hydrogen-bond donors (Lipinski definition) is 1. The number of ether oxygens (including phenoxy) is 1. The molecule has 3 aromatic rings. The first-order valence-electron chi connectivity index (χ1n) is 6.70. The summed E-state index contributed by atoms with van der Waals surface area (Å²) >= 11 is 2.96. The molecule has 0 saturated heterocycles. The number of aromatic nitrogens is 2. The highest BCUT2D eigenvalue weighted by Crippen LogP contribution is 2.30. The molecular formula is C15H13N3O3S2. The monoisotopic (exact) mass is 347 g/mol. The number of esters is 1. The van der Waals surface area contributed by atoms with E-state index in [0.717, 1.165) is 15.2 Å². The Morgan fingerprint density at radius 3 is 2.87 bits per heavy atom. The largest absolute Gasteiger partial charge is 0.463 e. The van der Waals surface area contributed by atoms with Crippen molar-refractivity contribution >= 4 is 39.9 Å². The number of methoxy groups -OCH3 is 1. The van der Waals surface area contributed by atoms with Crippen LogP contribution in [0.1, 0.15) is 16.3 Å². The molecule has 0 amide bonds. The van der Waals surface area contributed by atoms with E-state index in [1.165, 1.54) is 30.2 Å². The highest BCUT2D eigenvalue weighted by atomic mass is 32.2. The van der Waals surface area contributed by atoms with Crippen LogP contribution in [-0.2, 0) is 10.5 Å². The molecule has 0 saturated carbocycles. The van der Waals surface area contributed by atoms with Crippen LogP contribution in [0.4, 0.5) is 10.8 Å². The number of benzene rings is 1. The van der Waals surface area contributed by atoms with E-state index in [9.17, 15) is 4.79 Å². The van der Waals surface area contributed by atoms with Crippen LogP contribution in [-0.4, -0.2) is 23.3 Å². The molecular weight excluding hydrogens is 334 g/mol. The van der Waals surface area contributed by atoms with Crippen LogP contribution in [0.25, 0.3) is 0 Å². The standard InChI is InChI=1S/C15H13N3O3S2/c1-20-13(19)12-8-7-11(21-12)9-22-15-18-17-14(23-15)16-10-5-3-2-4-6-10/h2-8H,9H2,1H3,(H,16,17). The third-order valence-electron chi connectivity index (χ3n) is 2.82. The van der Waals surface area contributed by atoms with Crippen molar-refractivity contribution in [1.29, 1.82) is 0 Å². The van der Waals surface area contributed by atoms with E-state index in [1.807, 2.05) is 30.3 Å². The van der Waals surface area contributed by atoms with Crippen molar-refractivity contribution in [3.05, 3.63) is 54.0 Å². The summed E-state index contributed by atoms with van der Waals surface area (Å²) in [5, 5.41) is 12.1. The third kappa shape index (κ3) is 4.11. The molecule has 0 radical (unpaired) electrons. The maximum Gasteiger partial charge on any atom is 0.373 e. The molecule has 8 heteroatoms. The number of nitrogens with one attached hydrogen (secondary N) is 1. The molecule has 118 valence electrons. The van der Waals surface area contributed by atoms with Gasteiger partial charge >= 0.3 is 5.97 Å². The molecule has 0 atom stereocenters. The molecule has 0 unspecified atom stereocenters. The number of furan rings is 1. The number of anilines is 2. The average Bonchev–Trinajstić information content (AvgIpc) is 3.22. The molecule has 2 heterocycles. The molecule has 2 aromatic heterocycles. The lowest BCUT2D eigenvalue weighted by Crippen LogP contribution is -1.98. The number of thioether (sulfide) groups is 1. The number of carbonyl (C=O) groups is 1. The molecule has 23 heavy (non-hydrogen) atoms. The maximum absolute atomic E-state index is 11.3. The molecule has 3 rings (SSSR count). The Bertz CT molecular complexity index is 786. The maximum atomic E-state index is 11.3. The summed E-state index contributed by atoms with van der Waals surface area (Å²) in [5.74, 6) is 0.971. The highest BCUT2D eigenvalue weighted by molar-refractivity contribution is 8.00. The van der Waals surface area contributed by atoms with Crippen LogP contribution in [0.3, 0.4) is 0 Å². The lowest BCUT2D eigenvalue weighted by molar-refractivity contribution is 0.0563. The zero-order valence-electron chi connectivity index (χ0n) is 12.2. The van der Waals surface area contributed by atoms with Crippen molar-refractivity contribution in [2.45, 2.75) is 10.1 Å². The van der Waals surface area contributed by atoms with Crippen LogP contribution < -0.4 is 5.32 Å². The van der Waals surface area contributed by atoms with Gasteiger partial charge in [-0.25, -0.2) is 4.79 Å². The smallest absolute Gasteiger partial charge is 0.373 e. The average molecular weight is 347 g/mol. The van der Waals surface area contributed by atoms with Crippen molar-refractivity contribution in [2.75, 3.05) is 12.4 Å². The van der Waals surface area contributed by atoms with E-state index in [0.29, 0.717) is 11.5 Å². The molecule has 0 aliphatic rings. The summed E-state index contributed by atoms with van der Waals surface area (Å²) in [6, 6.07) is 13.1. The minimum Gasteiger partial charge on any atom is -0.463 e. The first kappa shape index (κ1) is 15.6. The first-order chi connectivity index (χ1) is 11.2. The Kier molecular flexibility index (Phi) is 4.94. The summed E-state index contributed by atoms with van der Waals surface area (Å²) in [6.07, 6.45) is 0. The summed E-state index contributed by atoms with van der Waals surface area (Å²) < 4.78 is 10.8. The molecule has 6 nitrogen and oxygen atoms in total. The van der Waals surface area contributed by atoms with Gasteiger partial charge in [0.1, 0.15) is 5.76 Å². The van der Waals surface area contributed by atoms with E-state index in [2.05, 4.69) is 20.3 Å². The Hall–Kier alpha value is -2.32. The fraction of sp³-hybridized carbons (Fsp3) is 0.133. The SMILES string of the molecule is COC(=O)c1ccc(CSc2nnc(Nc3ccccc3)s2)o1. The van der Waals surface area contributed by atoms with Gasteiger partial charge in [0.15, 0.2) is 4.34 Å². The van der Waals surface area contributed by atoms with E-state index >= 15 is 0 Å². The van der Waals surface area contributed by atoms with Crippen molar-refractivity contribution in [2.24, 2.45) is 0 Å². The molecule has 0 bridgehead atoms. The summed E-state index contributed by atoms with van der Waals surface area (Å²) in [5.41, 5.74) is 0.967. The second-order valence-corrected chi connectivity index (χ2v) is 6.61. The topological polar surface area (TPSA) is 77.2 Å². The zero-order chi connectivity index (χ0) is 16.1. The number of nitrogens with zero attached hydrogens (tertiary/aromatic N) is 2. The zero-order valence-corrected chi connectivity index (χ0v) is 13.8. The van der Waals surface area contributed by atoms with Crippen molar-refractivity contribution in [3.8, 4) is 0 Å². The molecule has 1 N–H and O–H groups in total. The van der Waals surface area contributed by atoms with Gasteiger partial charge in [0.2, 0.25) is 10.9 Å². The van der Waals surface area contributed by atoms with Gasteiger partial charge in [0.25, 0.3) is 0 Å². The first-order valence-corrected chi connectivity index (χ1v) is 8.50. The normalized spacial score (nSPS) is 10.5. The second kappa shape index (κ2) is 7.30. The van der Waals surface area contributed by atoms with Gasteiger partial charge in [-0.1, -0.05) is 41.3 Å². The van der Waals surface area contributed by atoms with Gasteiger partial charge in [-0.05, 0) is 24.3 Å². The minimum atomic E-state index is -0.480. The van der Waals surface area contributed by atoms with Gasteiger partial charge in [0, 0.05) is 5.69 Å². The lowest BCUT2D eigenvalue weighted by atomic mass is 10.3. The number of carbonyl (C=O) groups excluding carboxylic acids is 1. The predicted octanol–water partition coefficient (Wildman–Crippen LogP) is 3.95. The van der Waals surface area contributed by atoms with E-state index < -0.39 is 5.97 Å². The predicted molar refractivity (Wildman–Crippen MR) is 89.2 cm³/mol. The summed E-state index contributed by atoms with van der Waals surface area (Å²) in [6.45, 7) is 0. The van der Waals surface area contributed by atoms with Crippen LogP contribution in [0.5, 0.6) is 0 Å². The third-order valence-corrected chi connectivity index (χ3v) is 4.81. The van der Waals surface area contributed by atoms with Crippen LogP contribution in [0, 0.1) is 0 Å². The molecule has 1 aromatic carbocycles. The van der Waals surface area contributed by atoms with Gasteiger partial charge < -0.3 is 14.5 Å². The molecule has 0 spiro atoms. The molecule has 0 fully saturated rings. The highest BCUT2D eigenvalue weighted by Gasteiger charge is 2.12. The molecule has 0 aliphatic heterocycles.